The van der Waals surface area contributed by atoms with Crippen LogP contribution in [0.2, 0.25) is 0 Å². The van der Waals surface area contributed by atoms with E-state index in [0.717, 1.165) is 0 Å². The highest BCUT2D eigenvalue weighted by Gasteiger charge is 2.30. The van der Waals surface area contributed by atoms with Gasteiger partial charge in [-0.3, -0.25) is 19.3 Å². The van der Waals surface area contributed by atoms with E-state index >= 15 is 0 Å². The van der Waals surface area contributed by atoms with Gasteiger partial charge in [-0.05, 0) is 25.2 Å². The molecule has 2 rings (SSSR count). The van der Waals surface area contributed by atoms with Gasteiger partial charge in [-0.15, -0.1) is 11.8 Å². The molecule has 0 spiro atoms. The molecule has 0 radical (unpaired) electrons. The third-order valence-corrected chi connectivity index (χ3v) is 4.97. The molecule has 1 aromatic rings. The molecule has 26 heavy (non-hydrogen) atoms. The van der Waals surface area contributed by atoms with Crippen LogP contribution in [0.1, 0.15) is 0 Å². The number of hydrogen-bond donors (Lipinski definition) is 1. The molecule has 0 aliphatic carbocycles. The van der Waals surface area contributed by atoms with Gasteiger partial charge < -0.3 is 15.0 Å². The summed E-state index contributed by atoms with van der Waals surface area (Å²) in [5, 5.41) is 2.21. The summed E-state index contributed by atoms with van der Waals surface area (Å²) in [5.41, 5.74) is 0.365. The second-order valence-corrected chi connectivity index (χ2v) is 7.26. The molecule has 1 N–H and O–H groups in total. The van der Waals surface area contributed by atoms with E-state index in [9.17, 15) is 18.8 Å². The fourth-order valence-electron chi connectivity index (χ4n) is 2.55. The van der Waals surface area contributed by atoms with Gasteiger partial charge in [-0.25, -0.2) is 4.39 Å². The van der Waals surface area contributed by atoms with Crippen molar-refractivity contribution in [1.82, 2.24) is 9.80 Å². The number of likely N-dealkylation sites (N-methyl/N-ethyl adjacent to an activating group) is 1. The van der Waals surface area contributed by atoms with E-state index in [2.05, 4.69) is 5.32 Å². The standard InChI is InChI=1S/C17H22FN3O4S/c1-20(10-15(22)19-13-5-3-4-12(18)8-13)11-16(23)21-6-7-26-14(9-21)17(24)25-2/h3-5,8,14H,6-7,9-11H2,1-2H3,(H,19,22)/t14-/m1/s1. The first-order valence-electron chi connectivity index (χ1n) is 8.10. The fraction of sp³-hybridized carbons (Fsp3) is 0.471. The third kappa shape index (κ3) is 5.99. The van der Waals surface area contributed by atoms with Crippen LogP contribution >= 0.6 is 11.8 Å². The SMILES string of the molecule is COC(=O)[C@H]1CN(C(=O)CN(C)CC(=O)Nc2cccc(F)c2)CCS1. The van der Waals surface area contributed by atoms with Gasteiger partial charge in [-0.2, -0.15) is 0 Å². The summed E-state index contributed by atoms with van der Waals surface area (Å²) in [6, 6.07) is 5.61. The molecular formula is C17H22FN3O4S. The van der Waals surface area contributed by atoms with E-state index < -0.39 is 5.82 Å². The lowest BCUT2D eigenvalue weighted by molar-refractivity contribution is -0.141. The first-order chi connectivity index (χ1) is 12.4. The number of methoxy groups -OCH3 is 1. The summed E-state index contributed by atoms with van der Waals surface area (Å²) in [4.78, 5) is 39.2. The van der Waals surface area contributed by atoms with Crippen LogP contribution in [0.15, 0.2) is 24.3 Å². The van der Waals surface area contributed by atoms with E-state index in [1.165, 1.54) is 37.1 Å². The van der Waals surface area contributed by atoms with Crippen molar-refractivity contribution < 1.29 is 23.5 Å². The smallest absolute Gasteiger partial charge is 0.320 e. The third-order valence-electron chi connectivity index (χ3n) is 3.81. The van der Waals surface area contributed by atoms with Crippen LogP contribution in [0.5, 0.6) is 0 Å². The second-order valence-electron chi connectivity index (χ2n) is 5.95. The maximum absolute atomic E-state index is 13.1. The largest absolute Gasteiger partial charge is 0.468 e. The number of nitrogens with zero attached hydrogens (tertiary/aromatic N) is 2. The zero-order valence-corrected chi connectivity index (χ0v) is 15.6. The minimum absolute atomic E-state index is 0.00866. The Balaban J connectivity index is 1.81. The molecule has 1 aromatic carbocycles. The summed E-state index contributed by atoms with van der Waals surface area (Å²) in [6.45, 7) is 0.903. The number of carbonyl (C=O) groups is 3. The maximum Gasteiger partial charge on any atom is 0.320 e. The predicted molar refractivity (Wildman–Crippen MR) is 97.4 cm³/mol. The molecule has 1 atom stereocenters. The van der Waals surface area contributed by atoms with Gasteiger partial charge in [0.15, 0.2) is 0 Å². The lowest BCUT2D eigenvalue weighted by Crippen LogP contribution is -2.48. The molecule has 2 amide bonds. The minimum atomic E-state index is -0.436. The molecule has 7 nitrogen and oxygen atoms in total. The van der Waals surface area contributed by atoms with Gasteiger partial charge in [-0.1, -0.05) is 6.07 Å². The molecule has 0 unspecified atom stereocenters. The number of halogens is 1. The van der Waals surface area contributed by atoms with Crippen molar-refractivity contribution in [3.05, 3.63) is 30.1 Å². The lowest BCUT2D eigenvalue weighted by atomic mass is 10.3. The molecule has 0 bridgehead atoms. The highest BCUT2D eigenvalue weighted by Crippen LogP contribution is 2.20. The second kappa shape index (κ2) is 9.54. The topological polar surface area (TPSA) is 79.0 Å². The minimum Gasteiger partial charge on any atom is -0.468 e. The van der Waals surface area contributed by atoms with E-state index in [0.29, 0.717) is 24.5 Å². The van der Waals surface area contributed by atoms with Crippen LogP contribution in [-0.2, 0) is 19.1 Å². The van der Waals surface area contributed by atoms with Crippen molar-refractivity contribution in [2.75, 3.05) is 51.4 Å². The first-order valence-corrected chi connectivity index (χ1v) is 9.15. The molecule has 1 saturated heterocycles. The number of nitrogens with one attached hydrogen (secondary N) is 1. The van der Waals surface area contributed by atoms with Crippen LogP contribution < -0.4 is 5.32 Å². The van der Waals surface area contributed by atoms with Crippen molar-refractivity contribution in [2.24, 2.45) is 0 Å². The Morgan fingerprint density at radius 2 is 2.15 bits per heavy atom. The first kappa shape index (κ1) is 20.2. The molecule has 1 fully saturated rings. The average molecular weight is 383 g/mol. The van der Waals surface area contributed by atoms with Crippen LogP contribution in [0.3, 0.4) is 0 Å². The number of carbonyl (C=O) groups excluding carboxylic acids is 3. The Labute approximate surface area is 155 Å². The highest BCUT2D eigenvalue weighted by molar-refractivity contribution is 8.00. The molecule has 0 saturated carbocycles. The number of benzene rings is 1. The number of rotatable bonds is 6. The Morgan fingerprint density at radius 1 is 1.38 bits per heavy atom. The van der Waals surface area contributed by atoms with Gasteiger partial charge in [0.2, 0.25) is 11.8 Å². The van der Waals surface area contributed by atoms with Crippen molar-refractivity contribution in [2.45, 2.75) is 5.25 Å². The summed E-state index contributed by atoms with van der Waals surface area (Å²) in [6.07, 6.45) is 0. The van der Waals surface area contributed by atoms with Crippen molar-refractivity contribution in [3.63, 3.8) is 0 Å². The summed E-state index contributed by atoms with van der Waals surface area (Å²) in [7, 11) is 2.98. The van der Waals surface area contributed by atoms with E-state index in [4.69, 9.17) is 4.74 Å². The van der Waals surface area contributed by atoms with Gasteiger partial charge in [0.05, 0.1) is 20.2 Å². The number of thioether (sulfide) groups is 1. The van der Waals surface area contributed by atoms with Crippen LogP contribution in [0, 0.1) is 5.82 Å². The molecule has 0 aromatic heterocycles. The van der Waals surface area contributed by atoms with Crippen molar-refractivity contribution >= 4 is 35.2 Å². The number of hydrogen-bond acceptors (Lipinski definition) is 6. The monoisotopic (exact) mass is 383 g/mol. The number of amides is 2. The molecule has 142 valence electrons. The maximum atomic E-state index is 13.1. The van der Waals surface area contributed by atoms with Gasteiger partial charge >= 0.3 is 5.97 Å². The van der Waals surface area contributed by atoms with Gasteiger partial charge in [0, 0.05) is 24.5 Å². The Bertz CT molecular complexity index is 673. The van der Waals surface area contributed by atoms with Crippen molar-refractivity contribution in [1.29, 1.82) is 0 Å². The number of ether oxygens (including phenoxy) is 1. The molecule has 1 heterocycles. The molecular weight excluding hydrogens is 361 g/mol. The van der Waals surface area contributed by atoms with Crippen molar-refractivity contribution in [3.8, 4) is 0 Å². The zero-order chi connectivity index (χ0) is 19.1. The Hall–Kier alpha value is -2.13. The van der Waals surface area contributed by atoms with Gasteiger partial charge in [0.1, 0.15) is 11.1 Å². The number of anilines is 1. The summed E-state index contributed by atoms with van der Waals surface area (Å²) >= 11 is 1.47. The zero-order valence-electron chi connectivity index (χ0n) is 14.7. The van der Waals surface area contributed by atoms with E-state index in [1.807, 2.05) is 0 Å². The lowest BCUT2D eigenvalue weighted by Gasteiger charge is -2.32. The fourth-order valence-corrected chi connectivity index (χ4v) is 3.68. The van der Waals surface area contributed by atoms with E-state index in [-0.39, 0.29) is 36.1 Å². The Morgan fingerprint density at radius 3 is 2.85 bits per heavy atom. The van der Waals surface area contributed by atoms with Crippen LogP contribution in [-0.4, -0.2) is 78.9 Å². The predicted octanol–water partition coefficient (Wildman–Crippen LogP) is 0.813. The summed E-state index contributed by atoms with van der Waals surface area (Å²) in [5.74, 6) is -0.604. The molecule has 1 aliphatic heterocycles. The van der Waals surface area contributed by atoms with E-state index in [1.54, 1.807) is 22.9 Å². The summed E-state index contributed by atoms with van der Waals surface area (Å²) < 4.78 is 17.9. The molecule has 1 aliphatic rings. The van der Waals surface area contributed by atoms with Gasteiger partial charge in [0.25, 0.3) is 0 Å². The molecule has 9 heteroatoms. The number of esters is 1. The normalized spacial score (nSPS) is 17.1. The average Bonchev–Trinajstić information content (AvgIpc) is 2.60. The van der Waals surface area contributed by atoms with Crippen LogP contribution in [0.4, 0.5) is 10.1 Å². The van der Waals surface area contributed by atoms with Crippen LogP contribution in [0.25, 0.3) is 0 Å². The quantitative estimate of drug-likeness (QED) is 0.733. The highest BCUT2D eigenvalue weighted by atomic mass is 32.2. The Kier molecular flexibility index (Phi) is 7.40.